The molecule has 0 amide bonds. The predicted octanol–water partition coefficient (Wildman–Crippen LogP) is 4.61. The summed E-state index contributed by atoms with van der Waals surface area (Å²) in [6.07, 6.45) is 16.0. The van der Waals surface area contributed by atoms with E-state index in [1.54, 1.807) is 0 Å². The van der Waals surface area contributed by atoms with E-state index in [0.29, 0.717) is 0 Å². The first kappa shape index (κ1) is 27.7. The molecular weight excluding hydrogens is 592 g/mol. The summed E-state index contributed by atoms with van der Waals surface area (Å²) < 4.78 is 0. The van der Waals surface area contributed by atoms with Crippen molar-refractivity contribution in [2.24, 2.45) is 0 Å². The number of H-pyrrole nitrogens is 2. The summed E-state index contributed by atoms with van der Waals surface area (Å²) >= 11 is 0. The third kappa shape index (κ3) is 4.87. The van der Waals surface area contributed by atoms with Crippen LogP contribution in [-0.2, 0) is 0 Å². The molecule has 2 atom stereocenters. The summed E-state index contributed by atoms with van der Waals surface area (Å²) in [6, 6.07) is 32.3. The second-order valence-corrected chi connectivity index (χ2v) is 11.8. The highest BCUT2D eigenvalue weighted by Crippen LogP contribution is 2.34. The molecular formula is C40H30N8. The van der Waals surface area contributed by atoms with Gasteiger partial charge in [0.05, 0.1) is 46.2 Å². The van der Waals surface area contributed by atoms with Gasteiger partial charge in [-0.25, -0.2) is 0 Å². The van der Waals surface area contributed by atoms with E-state index in [-0.39, 0.29) is 12.1 Å². The van der Waals surface area contributed by atoms with Gasteiger partial charge in [-0.05, 0) is 84.9 Å². The quantitative estimate of drug-likeness (QED) is 0.229. The van der Waals surface area contributed by atoms with Crippen molar-refractivity contribution in [1.29, 1.82) is 0 Å². The lowest BCUT2D eigenvalue weighted by atomic mass is 10.0. The van der Waals surface area contributed by atoms with Gasteiger partial charge in [0, 0.05) is 69.2 Å². The molecule has 0 radical (unpaired) electrons. The Kier molecular flexibility index (Phi) is 6.75. The zero-order valence-corrected chi connectivity index (χ0v) is 25.8. The minimum atomic E-state index is -0.152. The Bertz CT molecular complexity index is 2220. The molecule has 8 bridgehead atoms. The van der Waals surface area contributed by atoms with Crippen LogP contribution in [0.3, 0.4) is 0 Å². The lowest BCUT2D eigenvalue weighted by molar-refractivity contribution is 0.844. The minimum absolute atomic E-state index is 0.152. The van der Waals surface area contributed by atoms with Gasteiger partial charge in [-0.1, -0.05) is 36.4 Å². The largest absolute Gasteiger partial charge is 0.374 e. The molecule has 9 heterocycles. The van der Waals surface area contributed by atoms with Crippen LogP contribution in [-0.4, -0.2) is 42.0 Å². The summed E-state index contributed by atoms with van der Waals surface area (Å²) in [6.45, 7) is 0. The number of nitrogens with one attached hydrogen (secondary N) is 4. The maximum atomic E-state index is 4.80. The highest BCUT2D eigenvalue weighted by Gasteiger charge is 2.28. The third-order valence-electron chi connectivity index (χ3n) is 8.91. The van der Waals surface area contributed by atoms with Crippen LogP contribution in [0.2, 0.25) is 0 Å². The average Bonchev–Trinajstić information content (AvgIpc) is 3.98. The molecule has 4 N–H and O–H groups in total. The van der Waals surface area contributed by atoms with Crippen LogP contribution < -0.4 is 21.3 Å². The van der Waals surface area contributed by atoms with E-state index in [1.807, 2.05) is 85.5 Å². The van der Waals surface area contributed by atoms with Crippen LogP contribution in [0.25, 0.3) is 22.3 Å². The predicted molar refractivity (Wildman–Crippen MR) is 187 cm³/mol. The molecule has 0 fully saturated rings. The lowest BCUT2D eigenvalue weighted by Crippen LogP contribution is -2.32. The highest BCUT2D eigenvalue weighted by molar-refractivity contribution is 5.86. The summed E-state index contributed by atoms with van der Waals surface area (Å²) in [7, 11) is 0. The van der Waals surface area contributed by atoms with Crippen molar-refractivity contribution in [1.82, 2.24) is 40.5 Å². The smallest absolute Gasteiger partial charge is 0.0743 e. The fourth-order valence-electron chi connectivity index (χ4n) is 6.79. The molecule has 0 saturated heterocycles. The third-order valence-corrected chi connectivity index (χ3v) is 8.91. The number of aromatic nitrogens is 6. The van der Waals surface area contributed by atoms with Crippen molar-refractivity contribution < 1.29 is 0 Å². The van der Waals surface area contributed by atoms with Crippen LogP contribution in [0, 0.1) is 0 Å². The van der Waals surface area contributed by atoms with Gasteiger partial charge in [0.1, 0.15) is 0 Å². The van der Waals surface area contributed by atoms with E-state index in [1.165, 1.54) is 0 Å². The molecule has 0 spiro atoms. The van der Waals surface area contributed by atoms with Gasteiger partial charge in [-0.15, -0.1) is 0 Å². The summed E-state index contributed by atoms with van der Waals surface area (Å²) in [4.78, 5) is 26.7. The van der Waals surface area contributed by atoms with Gasteiger partial charge in [0.15, 0.2) is 0 Å². The highest BCUT2D eigenvalue weighted by atomic mass is 15.0. The number of aromatic amines is 2. The Morgan fingerprint density at radius 3 is 1.23 bits per heavy atom. The molecule has 3 aliphatic heterocycles. The number of hydrogen-bond acceptors (Lipinski definition) is 6. The Morgan fingerprint density at radius 2 is 0.833 bits per heavy atom. The zero-order chi connectivity index (χ0) is 31.9. The Hall–Kier alpha value is -6.54. The molecule has 8 heteroatoms. The summed E-state index contributed by atoms with van der Waals surface area (Å²) in [5.74, 6) is 0. The van der Waals surface area contributed by atoms with Crippen molar-refractivity contribution in [3.63, 3.8) is 0 Å². The molecule has 0 aromatic carbocycles. The SMILES string of the molecule is C1=CC2N/C1=C(/c1ccccn1)c1ccc([nH]1)/C(c1ccccn1)=C1/C=CC(N1)/C(c1ccccn1)=c1/ccc([nH]1)=C2c1ccccn1. The van der Waals surface area contributed by atoms with E-state index in [2.05, 4.69) is 81.3 Å². The van der Waals surface area contributed by atoms with Crippen LogP contribution in [0.5, 0.6) is 0 Å². The van der Waals surface area contributed by atoms with Gasteiger partial charge in [0.25, 0.3) is 0 Å². The fraction of sp³-hybridized carbons (Fsp3) is 0.0500. The Morgan fingerprint density at radius 1 is 0.417 bits per heavy atom. The summed E-state index contributed by atoms with van der Waals surface area (Å²) in [5, 5.41) is 9.60. The maximum absolute atomic E-state index is 4.80. The number of nitrogens with zero attached hydrogens (tertiary/aromatic N) is 4. The van der Waals surface area contributed by atoms with Crippen LogP contribution in [0.4, 0.5) is 0 Å². The monoisotopic (exact) mass is 622 g/mol. The van der Waals surface area contributed by atoms with E-state index < -0.39 is 0 Å². The zero-order valence-electron chi connectivity index (χ0n) is 25.8. The minimum Gasteiger partial charge on any atom is -0.374 e. The normalized spacial score (nSPS) is 22.5. The first-order valence-corrected chi connectivity index (χ1v) is 16.0. The van der Waals surface area contributed by atoms with E-state index in [0.717, 1.165) is 78.5 Å². The summed E-state index contributed by atoms with van der Waals surface area (Å²) in [5.41, 5.74) is 11.4. The first-order chi connectivity index (χ1) is 23.8. The number of allylic oxidation sites excluding steroid dienone is 2. The van der Waals surface area contributed by atoms with Gasteiger partial charge in [0.2, 0.25) is 0 Å². The maximum Gasteiger partial charge on any atom is 0.0743 e. The number of rotatable bonds is 4. The van der Waals surface area contributed by atoms with Gasteiger partial charge in [-0.2, -0.15) is 0 Å². The Labute approximate surface area is 276 Å². The average molecular weight is 623 g/mol. The van der Waals surface area contributed by atoms with E-state index >= 15 is 0 Å². The second kappa shape index (κ2) is 11.7. The second-order valence-electron chi connectivity index (χ2n) is 11.8. The van der Waals surface area contributed by atoms with E-state index in [9.17, 15) is 0 Å². The molecule has 48 heavy (non-hydrogen) atoms. The van der Waals surface area contributed by atoms with Crippen molar-refractivity contribution in [3.05, 3.63) is 202 Å². The van der Waals surface area contributed by atoms with Crippen LogP contribution in [0.15, 0.2) is 158 Å². The number of hydrogen-bond donors (Lipinski definition) is 4. The first-order valence-electron chi connectivity index (χ1n) is 16.0. The molecule has 8 nitrogen and oxygen atoms in total. The number of fused-ring (bicyclic) bond motifs is 8. The van der Waals surface area contributed by atoms with Crippen molar-refractivity contribution in [2.45, 2.75) is 12.1 Å². The topological polar surface area (TPSA) is 107 Å². The van der Waals surface area contributed by atoms with Crippen molar-refractivity contribution >= 4 is 22.3 Å². The van der Waals surface area contributed by atoms with Gasteiger partial charge < -0.3 is 20.6 Å². The van der Waals surface area contributed by atoms with Gasteiger partial charge >= 0.3 is 0 Å². The molecule has 3 aliphatic rings. The van der Waals surface area contributed by atoms with Crippen molar-refractivity contribution in [2.75, 3.05) is 0 Å². The number of pyridine rings is 4. The van der Waals surface area contributed by atoms with Crippen molar-refractivity contribution in [3.8, 4) is 0 Å². The Balaban J connectivity index is 1.36. The molecule has 9 rings (SSSR count). The molecule has 0 saturated carbocycles. The van der Waals surface area contributed by atoms with Gasteiger partial charge in [-0.3, -0.25) is 19.9 Å². The van der Waals surface area contributed by atoms with Crippen LogP contribution >= 0.6 is 0 Å². The molecule has 6 aromatic heterocycles. The lowest BCUT2D eigenvalue weighted by Gasteiger charge is -2.18. The van der Waals surface area contributed by atoms with E-state index in [4.69, 9.17) is 19.9 Å². The molecule has 2 unspecified atom stereocenters. The molecule has 230 valence electrons. The molecule has 6 aromatic rings. The van der Waals surface area contributed by atoms with Crippen LogP contribution in [0.1, 0.15) is 34.2 Å². The fourth-order valence-corrected chi connectivity index (χ4v) is 6.79. The molecule has 0 aliphatic carbocycles. The standard InChI is InChI=1S/C40H30N8/c1-5-21-41-25(9-1)37-29-13-15-31(45-29)38(26-10-2-6-22-42-26)33-17-19-35(47-33)40(28-12-4-8-24-44-28)36-20-18-34(48-36)39(27-11-3-7-23-43-27)32-16-14-30(37)46-32/h1-24,29,34,45-48H/b37-30-,38-31-,39-32?,40-36-.